The molecule has 0 unspecified atom stereocenters. The summed E-state index contributed by atoms with van der Waals surface area (Å²) in [6.07, 6.45) is -2.58. The van der Waals surface area contributed by atoms with Crippen LogP contribution in [-0.4, -0.2) is 25.0 Å². The minimum absolute atomic E-state index is 0.0601. The molecule has 1 aliphatic rings. The third-order valence-corrected chi connectivity index (χ3v) is 3.60. The van der Waals surface area contributed by atoms with Crippen LogP contribution >= 0.6 is 11.8 Å². The summed E-state index contributed by atoms with van der Waals surface area (Å²) >= 11 is 0.962. The lowest BCUT2D eigenvalue weighted by Crippen LogP contribution is -2.21. The molecule has 1 fully saturated rings. The second kappa shape index (κ2) is 4.65. The summed E-state index contributed by atoms with van der Waals surface area (Å²) < 4.78 is 42.9. The summed E-state index contributed by atoms with van der Waals surface area (Å²) in [6.45, 7) is 0. The van der Waals surface area contributed by atoms with Crippen LogP contribution in [-0.2, 0) is 11.9 Å². The molecule has 108 valence electrons. The smallest absolute Gasteiger partial charge is 0.339 e. The van der Waals surface area contributed by atoms with Gasteiger partial charge in [-0.05, 0) is 12.8 Å². The average Bonchev–Trinajstić information content (AvgIpc) is 2.99. The molecule has 2 aromatic rings. The van der Waals surface area contributed by atoms with Crippen molar-refractivity contribution in [2.45, 2.75) is 35.8 Å². The Bertz CT molecular complexity index is 619. The van der Waals surface area contributed by atoms with Crippen LogP contribution < -0.4 is 5.84 Å². The summed E-state index contributed by atoms with van der Waals surface area (Å²) in [5, 5.41) is 10.1. The van der Waals surface area contributed by atoms with Crippen LogP contribution in [0.25, 0.3) is 0 Å². The molecular weight excluding hydrogens is 297 g/mol. The van der Waals surface area contributed by atoms with E-state index in [0.717, 1.165) is 24.6 Å². The van der Waals surface area contributed by atoms with Crippen LogP contribution in [0.15, 0.2) is 9.68 Å². The molecule has 0 amide bonds. The molecule has 2 N–H and O–H groups in total. The van der Waals surface area contributed by atoms with E-state index in [-0.39, 0.29) is 10.9 Å². The van der Waals surface area contributed by atoms with E-state index in [2.05, 4.69) is 20.3 Å². The van der Waals surface area contributed by atoms with Gasteiger partial charge in [-0.1, -0.05) is 16.9 Å². The second-order valence-corrected chi connectivity index (χ2v) is 5.23. The fourth-order valence-corrected chi connectivity index (χ4v) is 2.22. The highest BCUT2D eigenvalue weighted by Crippen LogP contribution is 2.39. The number of nitrogen functional groups attached to an aromatic ring is 1. The minimum atomic E-state index is -4.63. The summed E-state index contributed by atoms with van der Waals surface area (Å²) in [6, 6.07) is 0. The molecule has 2 aromatic heterocycles. The van der Waals surface area contributed by atoms with E-state index in [4.69, 9.17) is 10.4 Å². The molecule has 2 heterocycles. The van der Waals surface area contributed by atoms with Crippen molar-refractivity contribution in [3.05, 3.63) is 17.5 Å². The molecule has 7 nitrogen and oxygen atoms in total. The average molecular weight is 306 g/mol. The lowest BCUT2D eigenvalue weighted by atomic mass is 10.4. The quantitative estimate of drug-likeness (QED) is 0.676. The lowest BCUT2D eigenvalue weighted by Gasteiger charge is -2.05. The first-order chi connectivity index (χ1) is 9.45. The number of hydrogen-bond acceptors (Lipinski definition) is 7. The summed E-state index contributed by atoms with van der Waals surface area (Å²) in [7, 11) is 0. The van der Waals surface area contributed by atoms with Gasteiger partial charge in [-0.25, -0.2) is 4.68 Å². The van der Waals surface area contributed by atoms with Crippen LogP contribution in [0.5, 0.6) is 0 Å². The molecule has 0 radical (unpaired) electrons. The van der Waals surface area contributed by atoms with E-state index in [9.17, 15) is 13.2 Å². The summed E-state index contributed by atoms with van der Waals surface area (Å²) in [4.78, 5) is 4.15. The standard InChI is InChI=1S/C9H9F3N6OS/c10-9(11,12)7-15-16-8(18(7)13)20-3-5-14-6(19-17-5)4-1-2-4/h4H,1-3,13H2. The number of nitrogens with zero attached hydrogens (tertiary/aromatic N) is 5. The Labute approximate surface area is 114 Å². The molecule has 0 atom stereocenters. The number of thioether (sulfide) groups is 1. The normalized spacial score (nSPS) is 15.8. The predicted octanol–water partition coefficient (Wildman–Crippen LogP) is 1.56. The van der Waals surface area contributed by atoms with Crippen LogP contribution in [0, 0.1) is 0 Å². The van der Waals surface area contributed by atoms with Crippen molar-refractivity contribution in [2.75, 3.05) is 5.84 Å². The Balaban J connectivity index is 1.67. The first kappa shape index (κ1) is 13.2. The van der Waals surface area contributed by atoms with Crippen molar-refractivity contribution in [3.63, 3.8) is 0 Å². The molecule has 0 aliphatic heterocycles. The molecule has 0 saturated heterocycles. The maximum absolute atomic E-state index is 12.5. The number of halogens is 3. The van der Waals surface area contributed by atoms with Crippen LogP contribution in [0.3, 0.4) is 0 Å². The van der Waals surface area contributed by atoms with Crippen LogP contribution in [0.4, 0.5) is 13.2 Å². The minimum Gasteiger partial charge on any atom is -0.339 e. The first-order valence-electron chi connectivity index (χ1n) is 5.68. The van der Waals surface area contributed by atoms with Gasteiger partial charge in [0.1, 0.15) is 0 Å². The maximum Gasteiger partial charge on any atom is 0.453 e. The number of rotatable bonds is 4. The zero-order chi connectivity index (χ0) is 14.3. The zero-order valence-corrected chi connectivity index (χ0v) is 10.8. The molecule has 20 heavy (non-hydrogen) atoms. The van der Waals surface area contributed by atoms with Crippen molar-refractivity contribution < 1.29 is 17.7 Å². The van der Waals surface area contributed by atoms with Gasteiger partial charge in [0.15, 0.2) is 5.82 Å². The number of hydrogen-bond donors (Lipinski definition) is 1. The molecule has 1 aliphatic carbocycles. The van der Waals surface area contributed by atoms with E-state index in [1.165, 1.54) is 0 Å². The van der Waals surface area contributed by atoms with Crippen molar-refractivity contribution in [2.24, 2.45) is 0 Å². The van der Waals surface area contributed by atoms with Gasteiger partial charge in [0.25, 0.3) is 5.82 Å². The fraction of sp³-hybridized carbons (Fsp3) is 0.556. The lowest BCUT2D eigenvalue weighted by molar-refractivity contribution is -0.146. The monoisotopic (exact) mass is 306 g/mol. The summed E-state index contributed by atoms with van der Waals surface area (Å²) in [5.74, 6) is 5.57. The molecule has 0 bridgehead atoms. The molecule has 11 heteroatoms. The molecule has 0 spiro atoms. The van der Waals surface area contributed by atoms with Crippen LogP contribution in [0.1, 0.15) is 36.3 Å². The van der Waals surface area contributed by atoms with E-state index >= 15 is 0 Å². The largest absolute Gasteiger partial charge is 0.453 e. The third kappa shape index (κ3) is 2.57. The fourth-order valence-electron chi connectivity index (χ4n) is 1.52. The van der Waals surface area contributed by atoms with Gasteiger partial charge in [-0.2, -0.15) is 18.2 Å². The number of alkyl halides is 3. The van der Waals surface area contributed by atoms with Crippen molar-refractivity contribution in [1.29, 1.82) is 0 Å². The SMILES string of the molecule is Nn1c(SCc2noc(C3CC3)n2)nnc1C(F)(F)F. The van der Waals surface area contributed by atoms with Crippen LogP contribution in [0.2, 0.25) is 0 Å². The van der Waals surface area contributed by atoms with Gasteiger partial charge in [-0.15, -0.1) is 10.2 Å². The van der Waals surface area contributed by atoms with Crippen molar-refractivity contribution >= 4 is 11.8 Å². The van der Waals surface area contributed by atoms with Gasteiger partial charge in [-0.3, -0.25) is 0 Å². The Hall–Kier alpha value is -1.78. The Morgan fingerprint density at radius 3 is 2.70 bits per heavy atom. The van der Waals surface area contributed by atoms with Gasteiger partial charge in [0.05, 0.1) is 5.75 Å². The molecular formula is C9H9F3N6OS. The van der Waals surface area contributed by atoms with E-state index in [1.54, 1.807) is 0 Å². The maximum atomic E-state index is 12.5. The number of nitrogens with two attached hydrogens (primary N) is 1. The highest BCUT2D eigenvalue weighted by atomic mass is 32.2. The molecule has 0 aromatic carbocycles. The highest BCUT2D eigenvalue weighted by molar-refractivity contribution is 7.98. The Kier molecular flexibility index (Phi) is 3.07. The van der Waals surface area contributed by atoms with Gasteiger partial charge >= 0.3 is 6.18 Å². The number of aromatic nitrogens is 5. The first-order valence-corrected chi connectivity index (χ1v) is 6.66. The van der Waals surface area contributed by atoms with E-state index in [0.29, 0.717) is 22.3 Å². The van der Waals surface area contributed by atoms with Gasteiger partial charge in [0.2, 0.25) is 11.0 Å². The van der Waals surface area contributed by atoms with Gasteiger partial charge in [0, 0.05) is 5.92 Å². The topological polar surface area (TPSA) is 95.7 Å². The zero-order valence-electron chi connectivity index (χ0n) is 9.96. The van der Waals surface area contributed by atoms with E-state index < -0.39 is 12.0 Å². The summed E-state index contributed by atoms with van der Waals surface area (Å²) in [5.41, 5.74) is 0. The second-order valence-electron chi connectivity index (χ2n) is 4.29. The molecule has 1 saturated carbocycles. The van der Waals surface area contributed by atoms with Crippen molar-refractivity contribution in [1.82, 2.24) is 25.0 Å². The highest BCUT2D eigenvalue weighted by Gasteiger charge is 2.38. The Morgan fingerprint density at radius 2 is 2.10 bits per heavy atom. The van der Waals surface area contributed by atoms with Gasteiger partial charge < -0.3 is 10.4 Å². The van der Waals surface area contributed by atoms with E-state index in [1.807, 2.05) is 0 Å². The third-order valence-electron chi connectivity index (χ3n) is 2.66. The van der Waals surface area contributed by atoms with Crippen molar-refractivity contribution in [3.8, 4) is 0 Å². The molecule has 3 rings (SSSR count). The predicted molar refractivity (Wildman–Crippen MR) is 61.0 cm³/mol. The Morgan fingerprint density at radius 1 is 1.35 bits per heavy atom.